The SMILES string of the molecule is C1CC[NH2+]CC1.COCc1cc(=O)[nH]c([O-])c1C#N. The molecule has 3 N–H and O–H groups in total. The fourth-order valence-electron chi connectivity index (χ4n) is 1.88. The van der Waals surface area contributed by atoms with Crippen molar-refractivity contribution in [1.29, 1.82) is 5.26 Å². The highest BCUT2D eigenvalue weighted by Gasteiger charge is 2.03. The predicted molar refractivity (Wildman–Crippen MR) is 67.4 cm³/mol. The lowest BCUT2D eigenvalue weighted by Crippen LogP contribution is -2.85. The first-order valence-corrected chi connectivity index (χ1v) is 6.33. The summed E-state index contributed by atoms with van der Waals surface area (Å²) in [5.74, 6) is -0.665. The summed E-state index contributed by atoms with van der Waals surface area (Å²) in [7, 11) is 1.42. The van der Waals surface area contributed by atoms with E-state index in [0.717, 1.165) is 0 Å². The van der Waals surface area contributed by atoms with Gasteiger partial charge >= 0.3 is 0 Å². The van der Waals surface area contributed by atoms with Crippen molar-refractivity contribution in [2.24, 2.45) is 0 Å². The van der Waals surface area contributed by atoms with E-state index in [1.807, 2.05) is 4.98 Å². The van der Waals surface area contributed by atoms with Crippen molar-refractivity contribution in [1.82, 2.24) is 4.98 Å². The number of hydrogen-bond donors (Lipinski definition) is 2. The Balaban J connectivity index is 0.000000250. The standard InChI is InChI=1S/C8H8N2O3.C5H11N/c1-13-4-5-2-7(11)10-8(12)6(5)3-9;1-2-4-6-5-3-1/h2H,4H2,1H3,(H2,10,11,12);6H,1-5H2. The molecule has 0 amide bonds. The Morgan fingerprint density at radius 1 is 1.47 bits per heavy atom. The molecule has 6 heteroatoms. The van der Waals surface area contributed by atoms with Gasteiger partial charge in [0.25, 0.3) is 0 Å². The molecule has 0 aliphatic carbocycles. The van der Waals surface area contributed by atoms with Crippen LogP contribution in [0.15, 0.2) is 10.9 Å². The molecule has 0 aromatic carbocycles. The van der Waals surface area contributed by atoms with E-state index in [9.17, 15) is 9.90 Å². The van der Waals surface area contributed by atoms with Gasteiger partial charge in [0.15, 0.2) is 0 Å². The van der Waals surface area contributed by atoms with Crippen LogP contribution in [0.1, 0.15) is 30.4 Å². The average Bonchev–Trinajstić information content (AvgIpc) is 2.41. The van der Waals surface area contributed by atoms with E-state index in [4.69, 9.17) is 10.00 Å². The maximum absolute atomic E-state index is 11.0. The van der Waals surface area contributed by atoms with Gasteiger partial charge in [0, 0.05) is 18.7 Å². The third-order valence-corrected chi connectivity index (χ3v) is 2.82. The molecule has 0 spiro atoms. The minimum atomic E-state index is -0.665. The third-order valence-electron chi connectivity index (χ3n) is 2.82. The molecular weight excluding hydrogens is 246 g/mol. The molecule has 2 rings (SSSR count). The van der Waals surface area contributed by atoms with Crippen LogP contribution in [-0.2, 0) is 11.3 Å². The van der Waals surface area contributed by atoms with Crippen LogP contribution in [-0.4, -0.2) is 25.2 Å². The highest BCUT2D eigenvalue weighted by atomic mass is 16.5. The molecular formula is C13H19N3O3. The Morgan fingerprint density at radius 3 is 2.58 bits per heavy atom. The summed E-state index contributed by atoms with van der Waals surface area (Å²) in [6.45, 7) is 2.84. The number of nitrogens with one attached hydrogen (secondary N) is 1. The van der Waals surface area contributed by atoms with Crippen LogP contribution in [0, 0.1) is 11.3 Å². The molecule has 0 atom stereocenters. The van der Waals surface area contributed by atoms with E-state index < -0.39 is 11.4 Å². The number of piperidine rings is 1. The first-order chi connectivity index (χ1) is 9.19. The average molecular weight is 265 g/mol. The van der Waals surface area contributed by atoms with Crippen molar-refractivity contribution in [2.75, 3.05) is 20.2 Å². The van der Waals surface area contributed by atoms with Crippen LogP contribution < -0.4 is 16.0 Å². The normalized spacial score (nSPS) is 14.1. The van der Waals surface area contributed by atoms with Crippen LogP contribution in [0.25, 0.3) is 0 Å². The number of quaternary nitrogens is 1. The van der Waals surface area contributed by atoms with E-state index >= 15 is 0 Å². The second-order valence-corrected chi connectivity index (χ2v) is 4.33. The van der Waals surface area contributed by atoms with Gasteiger partial charge in [-0.05, 0) is 25.1 Å². The van der Waals surface area contributed by atoms with Gasteiger partial charge in [-0.2, -0.15) is 5.26 Å². The molecule has 6 nitrogen and oxygen atoms in total. The number of aromatic amines is 1. The topological polar surface area (TPSA) is 106 Å². The zero-order valence-corrected chi connectivity index (χ0v) is 11.1. The third kappa shape index (κ3) is 5.12. The van der Waals surface area contributed by atoms with Gasteiger partial charge in [0.1, 0.15) is 6.07 Å². The van der Waals surface area contributed by atoms with Crippen molar-refractivity contribution < 1.29 is 15.2 Å². The zero-order chi connectivity index (χ0) is 14.1. The largest absolute Gasteiger partial charge is 0.859 e. The number of methoxy groups -OCH3 is 1. The quantitative estimate of drug-likeness (QED) is 0.730. The first kappa shape index (κ1) is 15.2. The summed E-state index contributed by atoms with van der Waals surface area (Å²) in [6.07, 6.45) is 4.36. The summed E-state index contributed by atoms with van der Waals surface area (Å²) in [5.41, 5.74) is -0.267. The molecule has 1 aromatic rings. The highest BCUT2D eigenvalue weighted by molar-refractivity contribution is 5.42. The summed E-state index contributed by atoms with van der Waals surface area (Å²) in [5, 5.41) is 22.0. The molecule has 1 fully saturated rings. The lowest BCUT2D eigenvalue weighted by molar-refractivity contribution is -0.662. The van der Waals surface area contributed by atoms with E-state index in [1.165, 1.54) is 45.5 Å². The molecule has 0 radical (unpaired) electrons. The highest BCUT2D eigenvalue weighted by Crippen LogP contribution is 2.12. The molecule has 19 heavy (non-hydrogen) atoms. The van der Waals surface area contributed by atoms with Gasteiger partial charge in [-0.15, -0.1) is 0 Å². The second kappa shape index (κ2) is 8.29. The summed E-state index contributed by atoms with van der Waals surface area (Å²) in [6, 6.07) is 2.90. The first-order valence-electron chi connectivity index (χ1n) is 6.33. The molecule has 2 heterocycles. The van der Waals surface area contributed by atoms with Crippen LogP contribution in [0.2, 0.25) is 0 Å². The van der Waals surface area contributed by atoms with Gasteiger partial charge in [-0.3, -0.25) is 4.79 Å². The van der Waals surface area contributed by atoms with Crippen molar-refractivity contribution in [3.05, 3.63) is 27.5 Å². The zero-order valence-electron chi connectivity index (χ0n) is 11.1. The molecule has 0 bridgehead atoms. The Labute approximate surface area is 112 Å². The Hall–Kier alpha value is -1.84. The fourth-order valence-corrected chi connectivity index (χ4v) is 1.88. The van der Waals surface area contributed by atoms with Crippen molar-refractivity contribution >= 4 is 0 Å². The van der Waals surface area contributed by atoms with Crippen LogP contribution >= 0.6 is 0 Å². The molecule has 104 valence electrons. The summed E-state index contributed by atoms with van der Waals surface area (Å²) >= 11 is 0. The maximum atomic E-state index is 11.0. The molecule has 1 aliphatic heterocycles. The number of nitrogens with two attached hydrogens (primary N) is 1. The van der Waals surface area contributed by atoms with Crippen molar-refractivity contribution in [3.63, 3.8) is 0 Å². The molecule has 1 aliphatic rings. The minimum Gasteiger partial charge on any atom is -0.859 e. The number of aromatic nitrogens is 1. The number of pyridine rings is 1. The molecule has 1 aromatic heterocycles. The summed E-state index contributed by atoms with van der Waals surface area (Å²) < 4.78 is 4.74. The smallest absolute Gasteiger partial charge is 0.247 e. The van der Waals surface area contributed by atoms with Gasteiger partial charge in [-0.25, -0.2) is 0 Å². The number of ether oxygens (including phenoxy) is 1. The number of nitrogens with zero attached hydrogens (tertiary/aromatic N) is 1. The van der Waals surface area contributed by atoms with Gasteiger partial charge in [0.05, 0.1) is 25.3 Å². The number of hydrogen-bond acceptors (Lipinski definition) is 4. The van der Waals surface area contributed by atoms with Crippen LogP contribution in [0.4, 0.5) is 0 Å². The Kier molecular flexibility index (Phi) is 6.64. The van der Waals surface area contributed by atoms with Crippen LogP contribution in [0.3, 0.4) is 0 Å². The van der Waals surface area contributed by atoms with Crippen LogP contribution in [0.5, 0.6) is 5.88 Å². The van der Waals surface area contributed by atoms with E-state index in [2.05, 4.69) is 5.32 Å². The lowest BCUT2D eigenvalue weighted by atomic mass is 10.1. The lowest BCUT2D eigenvalue weighted by Gasteiger charge is -2.10. The number of nitriles is 1. The number of H-pyrrole nitrogens is 1. The molecule has 0 unspecified atom stereocenters. The summed E-state index contributed by atoms with van der Waals surface area (Å²) in [4.78, 5) is 12.8. The Bertz CT molecular complexity index is 475. The molecule has 0 saturated carbocycles. The van der Waals surface area contributed by atoms with Gasteiger partial charge in [-0.1, -0.05) is 0 Å². The van der Waals surface area contributed by atoms with Crippen molar-refractivity contribution in [3.8, 4) is 11.9 Å². The minimum absolute atomic E-state index is 0.0681. The molecule has 1 saturated heterocycles. The second-order valence-electron chi connectivity index (χ2n) is 4.33. The van der Waals surface area contributed by atoms with Gasteiger partial charge in [0.2, 0.25) is 5.56 Å². The monoisotopic (exact) mass is 265 g/mol. The number of rotatable bonds is 2. The Morgan fingerprint density at radius 2 is 2.16 bits per heavy atom. The van der Waals surface area contributed by atoms with E-state index in [-0.39, 0.29) is 12.2 Å². The maximum Gasteiger partial charge on any atom is 0.247 e. The van der Waals surface area contributed by atoms with Crippen molar-refractivity contribution in [2.45, 2.75) is 25.9 Å². The van der Waals surface area contributed by atoms with E-state index in [1.54, 1.807) is 6.07 Å². The van der Waals surface area contributed by atoms with Gasteiger partial charge < -0.3 is 20.1 Å². The van der Waals surface area contributed by atoms with E-state index in [0.29, 0.717) is 5.56 Å². The predicted octanol–water partition coefficient (Wildman–Crippen LogP) is -0.800. The fraction of sp³-hybridized carbons (Fsp3) is 0.538.